The zero-order valence-corrected chi connectivity index (χ0v) is 13.9. The highest BCUT2D eigenvalue weighted by molar-refractivity contribution is 9.11. The van der Waals surface area contributed by atoms with Gasteiger partial charge in [0.25, 0.3) is 0 Å². The largest absolute Gasteiger partial charge is 0.496 e. The topological polar surface area (TPSA) is 35.2 Å². The van der Waals surface area contributed by atoms with Crippen LogP contribution < -0.4 is 10.5 Å². The molecule has 0 aliphatic heterocycles. The van der Waals surface area contributed by atoms with E-state index in [9.17, 15) is 0 Å². The van der Waals surface area contributed by atoms with Gasteiger partial charge in [0.2, 0.25) is 0 Å². The quantitative estimate of drug-likeness (QED) is 0.856. The number of hydrogen-bond acceptors (Lipinski definition) is 3. The second kappa shape index (κ2) is 6.27. The third-order valence-corrected chi connectivity index (χ3v) is 5.43. The third kappa shape index (κ3) is 3.51. The van der Waals surface area contributed by atoms with Gasteiger partial charge in [-0.3, -0.25) is 0 Å². The maximum absolute atomic E-state index is 6.27. The first-order valence-corrected chi connectivity index (χ1v) is 7.84. The summed E-state index contributed by atoms with van der Waals surface area (Å²) in [5.74, 6) is 0.826. The van der Waals surface area contributed by atoms with Gasteiger partial charge in [0, 0.05) is 15.9 Å². The van der Waals surface area contributed by atoms with Crippen molar-refractivity contribution in [2.75, 3.05) is 7.11 Å². The van der Waals surface area contributed by atoms with Crippen LogP contribution in [0.15, 0.2) is 28.1 Å². The minimum absolute atomic E-state index is 0.0534. The number of thiophene rings is 1. The maximum atomic E-state index is 6.27. The Hall–Kier alpha value is -0.550. The molecule has 5 heteroatoms. The first-order valence-electron chi connectivity index (χ1n) is 5.85. The molecular weight excluding hydrogens is 346 g/mol. The summed E-state index contributed by atoms with van der Waals surface area (Å²) in [5.41, 5.74) is 8.52. The van der Waals surface area contributed by atoms with E-state index in [0.29, 0.717) is 11.4 Å². The first-order chi connectivity index (χ1) is 9.01. The van der Waals surface area contributed by atoms with Gasteiger partial charge in [0.15, 0.2) is 0 Å². The van der Waals surface area contributed by atoms with Gasteiger partial charge in [-0.2, -0.15) is 0 Å². The smallest absolute Gasteiger partial charge is 0.122 e. The molecule has 1 aromatic heterocycles. The van der Waals surface area contributed by atoms with E-state index in [0.717, 1.165) is 20.0 Å². The van der Waals surface area contributed by atoms with Crippen molar-refractivity contribution in [3.63, 3.8) is 0 Å². The number of methoxy groups -OCH3 is 1. The van der Waals surface area contributed by atoms with Gasteiger partial charge in [-0.05, 0) is 64.7 Å². The number of benzene rings is 1. The van der Waals surface area contributed by atoms with Crippen molar-refractivity contribution < 1.29 is 4.74 Å². The van der Waals surface area contributed by atoms with E-state index in [-0.39, 0.29) is 6.04 Å². The maximum Gasteiger partial charge on any atom is 0.122 e. The van der Waals surface area contributed by atoms with E-state index in [2.05, 4.69) is 28.9 Å². The first kappa shape index (κ1) is 14.9. The highest BCUT2D eigenvalue weighted by Crippen LogP contribution is 2.33. The van der Waals surface area contributed by atoms with Crippen LogP contribution >= 0.6 is 38.9 Å². The highest BCUT2D eigenvalue weighted by atomic mass is 79.9. The van der Waals surface area contributed by atoms with Crippen LogP contribution in [0.1, 0.15) is 22.0 Å². The molecule has 0 bridgehead atoms. The normalized spacial score (nSPS) is 12.5. The van der Waals surface area contributed by atoms with Crippen LogP contribution in [0.5, 0.6) is 5.75 Å². The molecule has 0 saturated heterocycles. The van der Waals surface area contributed by atoms with Crippen LogP contribution in [-0.4, -0.2) is 7.11 Å². The summed E-state index contributed by atoms with van der Waals surface area (Å²) in [6, 6.07) is 7.68. The van der Waals surface area contributed by atoms with Crippen LogP contribution in [-0.2, 0) is 6.42 Å². The molecule has 0 saturated carbocycles. The molecule has 1 atom stereocenters. The summed E-state index contributed by atoms with van der Waals surface area (Å²) in [6.07, 6.45) is 0.704. The van der Waals surface area contributed by atoms with Gasteiger partial charge in [-0.25, -0.2) is 0 Å². The van der Waals surface area contributed by atoms with Crippen LogP contribution in [0.3, 0.4) is 0 Å². The van der Waals surface area contributed by atoms with Gasteiger partial charge in [0.05, 0.1) is 10.9 Å². The summed E-state index contributed by atoms with van der Waals surface area (Å²) < 4.78 is 6.48. The van der Waals surface area contributed by atoms with Crippen LogP contribution in [0.4, 0.5) is 0 Å². The van der Waals surface area contributed by atoms with Crippen molar-refractivity contribution in [3.05, 3.63) is 49.1 Å². The van der Waals surface area contributed by atoms with Gasteiger partial charge in [-0.1, -0.05) is 11.6 Å². The monoisotopic (exact) mass is 359 g/mol. The molecule has 0 spiro atoms. The number of aryl methyl sites for hydroxylation is 1. The molecule has 2 rings (SSSR count). The van der Waals surface area contributed by atoms with Gasteiger partial charge >= 0.3 is 0 Å². The third-order valence-electron chi connectivity index (χ3n) is 2.92. The number of rotatable bonds is 4. The molecule has 2 aromatic rings. The lowest BCUT2D eigenvalue weighted by atomic mass is 10.0. The molecule has 102 valence electrons. The standard InChI is InChI=1S/C14H15BrClNOS/c1-8-5-13(19-14(8)15)11(17)7-9-6-10(16)3-4-12(9)18-2/h3-6,11H,7,17H2,1-2H3. The average molecular weight is 361 g/mol. The molecular formula is C14H15BrClNOS. The number of halogens is 2. The predicted octanol–water partition coefficient (Wildman–Crippen LogP) is 4.72. The van der Waals surface area contributed by atoms with E-state index < -0.39 is 0 Å². The lowest BCUT2D eigenvalue weighted by Crippen LogP contribution is -2.12. The van der Waals surface area contributed by atoms with E-state index in [1.807, 2.05) is 18.2 Å². The Morgan fingerprint density at radius 3 is 2.74 bits per heavy atom. The summed E-state index contributed by atoms with van der Waals surface area (Å²) in [5, 5.41) is 0.701. The van der Waals surface area contributed by atoms with Crippen molar-refractivity contribution in [1.82, 2.24) is 0 Å². The summed E-state index contributed by atoms with van der Waals surface area (Å²) >= 11 is 11.2. The predicted molar refractivity (Wildman–Crippen MR) is 85.4 cm³/mol. The average Bonchev–Trinajstić information content (AvgIpc) is 2.70. The second-order valence-corrected chi connectivity index (χ2v) is 7.21. The molecule has 1 heterocycles. The molecule has 0 fully saturated rings. The van der Waals surface area contributed by atoms with Crippen LogP contribution in [0, 0.1) is 6.92 Å². The Balaban J connectivity index is 2.23. The lowest BCUT2D eigenvalue weighted by Gasteiger charge is -2.13. The van der Waals surface area contributed by atoms with Gasteiger partial charge in [0.1, 0.15) is 5.75 Å². The zero-order valence-electron chi connectivity index (χ0n) is 10.7. The summed E-state index contributed by atoms with van der Waals surface area (Å²) in [4.78, 5) is 1.16. The Kier molecular flexibility index (Phi) is 4.90. The fraction of sp³-hybridized carbons (Fsp3) is 0.286. The number of hydrogen-bond donors (Lipinski definition) is 1. The van der Waals surface area contributed by atoms with E-state index in [1.54, 1.807) is 18.4 Å². The summed E-state index contributed by atoms with van der Waals surface area (Å²) in [7, 11) is 1.66. The van der Waals surface area contributed by atoms with Crippen LogP contribution in [0.2, 0.25) is 5.02 Å². The van der Waals surface area contributed by atoms with Crippen molar-refractivity contribution in [2.45, 2.75) is 19.4 Å². The molecule has 2 N–H and O–H groups in total. The fourth-order valence-corrected chi connectivity index (χ4v) is 3.68. The molecule has 2 nitrogen and oxygen atoms in total. The fourth-order valence-electron chi connectivity index (χ4n) is 1.91. The highest BCUT2D eigenvalue weighted by Gasteiger charge is 2.14. The van der Waals surface area contributed by atoms with Gasteiger partial charge in [-0.15, -0.1) is 11.3 Å². The Morgan fingerprint density at radius 2 is 2.16 bits per heavy atom. The Labute approximate surface area is 130 Å². The lowest BCUT2D eigenvalue weighted by molar-refractivity contribution is 0.408. The second-order valence-electron chi connectivity index (χ2n) is 4.37. The number of ether oxygens (including phenoxy) is 1. The van der Waals surface area contributed by atoms with Gasteiger partial charge < -0.3 is 10.5 Å². The van der Waals surface area contributed by atoms with Crippen molar-refractivity contribution >= 4 is 38.9 Å². The minimum atomic E-state index is -0.0534. The van der Waals surface area contributed by atoms with Crippen molar-refractivity contribution in [1.29, 1.82) is 0 Å². The van der Waals surface area contributed by atoms with E-state index in [1.165, 1.54) is 5.56 Å². The van der Waals surface area contributed by atoms with Crippen LogP contribution in [0.25, 0.3) is 0 Å². The summed E-state index contributed by atoms with van der Waals surface area (Å²) in [6.45, 7) is 2.07. The van der Waals surface area contributed by atoms with Crippen molar-refractivity contribution in [3.8, 4) is 5.75 Å². The van der Waals surface area contributed by atoms with Crippen molar-refractivity contribution in [2.24, 2.45) is 5.73 Å². The number of nitrogens with two attached hydrogens (primary N) is 1. The Bertz CT molecular complexity index is 565. The minimum Gasteiger partial charge on any atom is -0.496 e. The molecule has 19 heavy (non-hydrogen) atoms. The zero-order chi connectivity index (χ0) is 14.0. The Morgan fingerprint density at radius 1 is 1.42 bits per heavy atom. The molecule has 1 unspecified atom stereocenters. The van der Waals surface area contributed by atoms with E-state index >= 15 is 0 Å². The molecule has 0 amide bonds. The van der Waals surface area contributed by atoms with E-state index in [4.69, 9.17) is 22.1 Å². The molecule has 0 aliphatic carbocycles. The molecule has 0 radical (unpaired) electrons. The SMILES string of the molecule is COc1ccc(Cl)cc1CC(N)c1cc(C)c(Br)s1. The molecule has 1 aromatic carbocycles. The molecule has 0 aliphatic rings.